The van der Waals surface area contributed by atoms with Gasteiger partial charge in [-0.2, -0.15) is 0 Å². The zero-order valence-electron chi connectivity index (χ0n) is 15.8. The Hall–Kier alpha value is -3.28. The molecule has 0 aliphatic carbocycles. The van der Waals surface area contributed by atoms with E-state index in [1.807, 2.05) is 54.6 Å². The summed E-state index contributed by atoms with van der Waals surface area (Å²) in [6, 6.07) is 17.5. The molecule has 6 nitrogen and oxygen atoms in total. The lowest BCUT2D eigenvalue weighted by Gasteiger charge is -2.23. The summed E-state index contributed by atoms with van der Waals surface area (Å²) in [6.45, 7) is 1.98. The van der Waals surface area contributed by atoms with Crippen LogP contribution in [0.25, 0.3) is 0 Å². The fraction of sp³-hybridized carbons (Fsp3) is 0.273. The van der Waals surface area contributed by atoms with Crippen LogP contribution in [0, 0.1) is 0 Å². The number of anilines is 4. The Balaban J connectivity index is 1.47. The molecule has 0 amide bonds. The smallest absolute Gasteiger partial charge is 0.159 e. The van der Waals surface area contributed by atoms with Crippen molar-refractivity contribution in [3.63, 3.8) is 0 Å². The molecule has 0 spiro atoms. The van der Waals surface area contributed by atoms with Crippen molar-refractivity contribution < 1.29 is 4.74 Å². The van der Waals surface area contributed by atoms with Gasteiger partial charge in [-0.05, 0) is 49.2 Å². The predicted octanol–water partition coefficient (Wildman–Crippen LogP) is 4.98. The van der Waals surface area contributed by atoms with E-state index in [9.17, 15) is 0 Å². The van der Waals surface area contributed by atoms with E-state index < -0.39 is 0 Å². The minimum Gasteiger partial charge on any atom is -0.457 e. The average Bonchev–Trinajstić information content (AvgIpc) is 3.01. The summed E-state index contributed by atoms with van der Waals surface area (Å²) in [5.74, 6) is 3.04. The number of nitrogens with one attached hydrogen (secondary N) is 1. The molecule has 2 heterocycles. The van der Waals surface area contributed by atoms with Gasteiger partial charge in [-0.3, -0.25) is 0 Å². The van der Waals surface area contributed by atoms with Crippen molar-refractivity contribution in [2.75, 3.05) is 29.0 Å². The van der Waals surface area contributed by atoms with E-state index in [-0.39, 0.29) is 0 Å². The normalized spacial score (nSPS) is 14.4. The van der Waals surface area contributed by atoms with Crippen molar-refractivity contribution in [2.45, 2.75) is 25.7 Å². The second-order valence-electron chi connectivity index (χ2n) is 6.93. The Morgan fingerprint density at radius 2 is 1.50 bits per heavy atom. The number of para-hydroxylation sites is 1. The Bertz CT molecular complexity index is 891. The SMILES string of the molecule is Nc1c(Nc2ccc(Oc3ccccc3)cc2)ncnc1N1CCCCCC1. The molecule has 1 aromatic heterocycles. The molecule has 28 heavy (non-hydrogen) atoms. The lowest BCUT2D eigenvalue weighted by atomic mass is 10.2. The summed E-state index contributed by atoms with van der Waals surface area (Å²) < 4.78 is 5.83. The fourth-order valence-electron chi connectivity index (χ4n) is 3.39. The molecule has 1 aliphatic rings. The Labute approximate surface area is 165 Å². The van der Waals surface area contributed by atoms with Gasteiger partial charge in [0.2, 0.25) is 0 Å². The van der Waals surface area contributed by atoms with Crippen molar-refractivity contribution in [2.24, 2.45) is 0 Å². The van der Waals surface area contributed by atoms with Crippen molar-refractivity contribution in [3.05, 3.63) is 60.9 Å². The first kappa shape index (κ1) is 18.1. The van der Waals surface area contributed by atoms with Crippen LogP contribution in [0.2, 0.25) is 0 Å². The number of aromatic nitrogens is 2. The monoisotopic (exact) mass is 375 g/mol. The van der Waals surface area contributed by atoms with Gasteiger partial charge in [0, 0.05) is 18.8 Å². The zero-order valence-corrected chi connectivity index (χ0v) is 15.8. The maximum absolute atomic E-state index is 6.39. The molecule has 0 bridgehead atoms. The van der Waals surface area contributed by atoms with Gasteiger partial charge in [-0.1, -0.05) is 31.0 Å². The molecule has 1 saturated heterocycles. The summed E-state index contributed by atoms with van der Waals surface area (Å²) in [5, 5.41) is 3.30. The summed E-state index contributed by atoms with van der Waals surface area (Å²) in [6.07, 6.45) is 6.46. The third-order valence-corrected chi connectivity index (χ3v) is 4.86. The third-order valence-electron chi connectivity index (χ3n) is 4.86. The minimum absolute atomic E-state index is 0.592. The van der Waals surface area contributed by atoms with E-state index in [0.29, 0.717) is 11.5 Å². The topological polar surface area (TPSA) is 76.3 Å². The van der Waals surface area contributed by atoms with Crippen LogP contribution in [-0.4, -0.2) is 23.1 Å². The highest BCUT2D eigenvalue weighted by Crippen LogP contribution is 2.31. The molecule has 0 atom stereocenters. The summed E-state index contributed by atoms with van der Waals surface area (Å²) in [5.41, 5.74) is 7.88. The zero-order chi connectivity index (χ0) is 19.2. The molecule has 0 unspecified atom stereocenters. The van der Waals surface area contributed by atoms with Gasteiger partial charge in [-0.15, -0.1) is 0 Å². The number of hydrogen-bond acceptors (Lipinski definition) is 6. The molecule has 2 aromatic carbocycles. The van der Waals surface area contributed by atoms with Gasteiger partial charge in [0.05, 0.1) is 0 Å². The molecule has 1 aliphatic heterocycles. The molecule has 4 rings (SSSR count). The molecular weight excluding hydrogens is 350 g/mol. The van der Waals surface area contributed by atoms with Crippen LogP contribution in [0.4, 0.5) is 23.0 Å². The number of nitrogen functional groups attached to an aromatic ring is 1. The molecule has 1 fully saturated rings. The standard InChI is InChI=1S/C22H25N5O/c23-20-21(24-16-25-22(20)27-14-6-1-2-7-15-27)26-17-10-12-19(13-11-17)28-18-8-4-3-5-9-18/h3-5,8-13,16H,1-2,6-7,14-15,23H2,(H,24,25,26). The van der Waals surface area contributed by atoms with Crippen molar-refractivity contribution in [1.29, 1.82) is 0 Å². The number of nitrogens with zero attached hydrogens (tertiary/aromatic N) is 3. The number of benzene rings is 2. The number of hydrogen-bond donors (Lipinski definition) is 2. The van der Waals surface area contributed by atoms with Gasteiger partial charge >= 0.3 is 0 Å². The first-order valence-corrected chi connectivity index (χ1v) is 9.75. The van der Waals surface area contributed by atoms with Crippen LogP contribution >= 0.6 is 0 Å². The molecule has 6 heteroatoms. The molecular formula is C22H25N5O. The van der Waals surface area contributed by atoms with Crippen molar-refractivity contribution in [1.82, 2.24) is 9.97 Å². The maximum atomic E-state index is 6.39. The molecule has 3 aromatic rings. The second-order valence-corrected chi connectivity index (χ2v) is 6.93. The highest BCUT2D eigenvalue weighted by molar-refractivity contribution is 5.78. The predicted molar refractivity (Wildman–Crippen MR) is 113 cm³/mol. The fourth-order valence-corrected chi connectivity index (χ4v) is 3.39. The lowest BCUT2D eigenvalue weighted by Crippen LogP contribution is -2.26. The first-order valence-electron chi connectivity index (χ1n) is 9.75. The van der Waals surface area contributed by atoms with Crippen molar-refractivity contribution in [3.8, 4) is 11.5 Å². The van der Waals surface area contributed by atoms with Gasteiger partial charge in [0.15, 0.2) is 11.6 Å². The summed E-state index contributed by atoms with van der Waals surface area (Å²) in [4.78, 5) is 11.0. The van der Waals surface area contributed by atoms with E-state index in [1.54, 1.807) is 6.33 Å². The molecule has 3 N–H and O–H groups in total. The van der Waals surface area contributed by atoms with Gasteiger partial charge in [0.25, 0.3) is 0 Å². The van der Waals surface area contributed by atoms with Crippen molar-refractivity contribution >= 4 is 23.0 Å². The highest BCUT2D eigenvalue weighted by Gasteiger charge is 2.16. The second kappa shape index (κ2) is 8.61. The van der Waals surface area contributed by atoms with Crippen LogP contribution in [0.15, 0.2) is 60.9 Å². The Kier molecular flexibility index (Phi) is 5.56. The summed E-state index contributed by atoms with van der Waals surface area (Å²) >= 11 is 0. The van der Waals surface area contributed by atoms with Gasteiger partial charge in [0.1, 0.15) is 23.5 Å². The van der Waals surface area contributed by atoms with Crippen LogP contribution in [0.3, 0.4) is 0 Å². The quantitative estimate of drug-likeness (QED) is 0.655. The average molecular weight is 375 g/mol. The van der Waals surface area contributed by atoms with Gasteiger partial charge in [-0.25, -0.2) is 9.97 Å². The highest BCUT2D eigenvalue weighted by atomic mass is 16.5. The number of ether oxygens (including phenoxy) is 1. The van der Waals surface area contributed by atoms with E-state index in [1.165, 1.54) is 25.7 Å². The van der Waals surface area contributed by atoms with Crippen LogP contribution < -0.4 is 20.7 Å². The van der Waals surface area contributed by atoms with Crippen LogP contribution in [-0.2, 0) is 0 Å². The number of rotatable bonds is 5. The maximum Gasteiger partial charge on any atom is 0.159 e. The van der Waals surface area contributed by atoms with Crippen LogP contribution in [0.1, 0.15) is 25.7 Å². The van der Waals surface area contributed by atoms with E-state index >= 15 is 0 Å². The van der Waals surface area contributed by atoms with Gasteiger partial charge < -0.3 is 20.7 Å². The van der Waals surface area contributed by atoms with E-state index in [0.717, 1.165) is 36.1 Å². The third kappa shape index (κ3) is 4.34. The van der Waals surface area contributed by atoms with Crippen LogP contribution in [0.5, 0.6) is 11.5 Å². The Morgan fingerprint density at radius 1 is 0.821 bits per heavy atom. The minimum atomic E-state index is 0.592. The molecule has 0 saturated carbocycles. The first-order chi connectivity index (χ1) is 13.8. The molecule has 144 valence electrons. The molecule has 0 radical (unpaired) electrons. The summed E-state index contributed by atoms with van der Waals surface area (Å²) in [7, 11) is 0. The number of nitrogens with two attached hydrogens (primary N) is 1. The lowest BCUT2D eigenvalue weighted by molar-refractivity contribution is 0.483. The van der Waals surface area contributed by atoms with E-state index in [4.69, 9.17) is 10.5 Å². The Morgan fingerprint density at radius 3 is 2.21 bits per heavy atom. The van der Waals surface area contributed by atoms with E-state index in [2.05, 4.69) is 20.2 Å². The largest absolute Gasteiger partial charge is 0.457 e.